The van der Waals surface area contributed by atoms with Gasteiger partial charge in [0.1, 0.15) is 0 Å². The van der Waals surface area contributed by atoms with E-state index in [0.29, 0.717) is 0 Å². The van der Waals surface area contributed by atoms with Gasteiger partial charge in [-0.15, -0.1) is 0 Å². The van der Waals surface area contributed by atoms with Gasteiger partial charge >= 0.3 is 0 Å². The molecule has 0 aromatic carbocycles. The molecule has 2 N–H and O–H groups in total. The number of hydrogen-bond donors (Lipinski definition) is 2. The van der Waals surface area contributed by atoms with Crippen LogP contribution in [-0.2, 0) is 10.2 Å². The predicted octanol–water partition coefficient (Wildman–Crippen LogP) is 0.0968. The highest BCUT2D eigenvalue weighted by atomic mass is 32.2. The van der Waals surface area contributed by atoms with Crippen molar-refractivity contribution in [1.29, 1.82) is 0 Å². The zero-order valence-electron chi connectivity index (χ0n) is 6.78. The van der Waals surface area contributed by atoms with E-state index in [9.17, 15) is 12.8 Å². The Kier molecular flexibility index (Phi) is 2.79. The standard InChI is InChI=1S/C6H8FN3O2S/c1-8-13(11,12)10-6-5(7)3-2-4-9-6/h2-4,8H,1H3,(H,9,10). The highest BCUT2D eigenvalue weighted by Crippen LogP contribution is 2.08. The average Bonchev–Trinajstić information content (AvgIpc) is 2.09. The summed E-state index contributed by atoms with van der Waals surface area (Å²) in [6.07, 6.45) is 1.29. The summed E-state index contributed by atoms with van der Waals surface area (Å²) >= 11 is 0. The minimum absolute atomic E-state index is 0.322. The maximum absolute atomic E-state index is 12.8. The van der Waals surface area contributed by atoms with E-state index in [1.165, 1.54) is 19.3 Å². The third-order valence-electron chi connectivity index (χ3n) is 1.26. The van der Waals surface area contributed by atoms with Crippen LogP contribution < -0.4 is 9.44 Å². The molecule has 1 rings (SSSR count). The summed E-state index contributed by atoms with van der Waals surface area (Å²) < 4.78 is 38.5. The van der Waals surface area contributed by atoms with E-state index >= 15 is 0 Å². The van der Waals surface area contributed by atoms with E-state index in [-0.39, 0.29) is 5.82 Å². The second-order valence-electron chi connectivity index (χ2n) is 2.14. The van der Waals surface area contributed by atoms with E-state index in [1.54, 1.807) is 0 Å². The summed E-state index contributed by atoms with van der Waals surface area (Å²) in [6.45, 7) is 0. The Morgan fingerprint density at radius 3 is 2.77 bits per heavy atom. The van der Waals surface area contributed by atoms with Crippen molar-refractivity contribution in [2.24, 2.45) is 0 Å². The van der Waals surface area contributed by atoms with Gasteiger partial charge in [-0.1, -0.05) is 0 Å². The fourth-order valence-electron chi connectivity index (χ4n) is 0.639. The second kappa shape index (κ2) is 3.67. The van der Waals surface area contributed by atoms with Crippen LogP contribution in [0.1, 0.15) is 0 Å². The molecule has 0 aliphatic carbocycles. The summed E-state index contributed by atoms with van der Waals surface area (Å²) in [4.78, 5) is 3.51. The lowest BCUT2D eigenvalue weighted by atomic mass is 10.4. The molecule has 0 bridgehead atoms. The average molecular weight is 205 g/mol. The van der Waals surface area contributed by atoms with Gasteiger partial charge in [0.25, 0.3) is 10.2 Å². The molecule has 0 atom stereocenters. The van der Waals surface area contributed by atoms with Crippen LogP contribution in [0.4, 0.5) is 10.2 Å². The normalized spacial score (nSPS) is 11.2. The Balaban J connectivity index is 2.93. The van der Waals surface area contributed by atoms with Crippen LogP contribution in [0, 0.1) is 5.82 Å². The summed E-state index contributed by atoms with van der Waals surface area (Å²) in [5.74, 6) is -1.04. The van der Waals surface area contributed by atoms with Gasteiger partial charge in [-0.25, -0.2) is 14.1 Å². The van der Waals surface area contributed by atoms with E-state index < -0.39 is 16.0 Å². The maximum atomic E-state index is 12.8. The van der Waals surface area contributed by atoms with Crippen LogP contribution in [-0.4, -0.2) is 20.4 Å². The Morgan fingerprint density at radius 2 is 2.23 bits per heavy atom. The lowest BCUT2D eigenvalue weighted by Crippen LogP contribution is -2.27. The summed E-state index contributed by atoms with van der Waals surface area (Å²) in [5.41, 5.74) is 0. The van der Waals surface area contributed by atoms with E-state index in [2.05, 4.69) is 4.98 Å². The minimum atomic E-state index is -3.70. The lowest BCUT2D eigenvalue weighted by Gasteiger charge is -2.05. The topological polar surface area (TPSA) is 71.1 Å². The molecular weight excluding hydrogens is 197 g/mol. The van der Waals surface area contributed by atoms with Crippen LogP contribution in [0.5, 0.6) is 0 Å². The molecule has 0 fully saturated rings. The van der Waals surface area contributed by atoms with Crippen LogP contribution in [0.3, 0.4) is 0 Å². The Bertz CT molecular complexity index is 393. The number of nitrogens with zero attached hydrogens (tertiary/aromatic N) is 1. The Labute approximate surface area is 75.2 Å². The molecule has 0 amide bonds. The highest BCUT2D eigenvalue weighted by Gasteiger charge is 2.10. The van der Waals surface area contributed by atoms with Crippen LogP contribution >= 0.6 is 0 Å². The van der Waals surface area contributed by atoms with Crippen molar-refractivity contribution in [3.8, 4) is 0 Å². The largest absolute Gasteiger partial charge is 0.300 e. The van der Waals surface area contributed by atoms with Crippen molar-refractivity contribution in [2.45, 2.75) is 0 Å². The van der Waals surface area contributed by atoms with Crippen LogP contribution in [0.25, 0.3) is 0 Å². The number of nitrogens with one attached hydrogen (secondary N) is 2. The van der Waals surface area contributed by atoms with Crippen LogP contribution in [0.2, 0.25) is 0 Å². The molecule has 0 spiro atoms. The third-order valence-corrected chi connectivity index (χ3v) is 2.26. The number of rotatable bonds is 3. The van der Waals surface area contributed by atoms with Crippen molar-refractivity contribution < 1.29 is 12.8 Å². The van der Waals surface area contributed by atoms with Crippen molar-refractivity contribution in [2.75, 3.05) is 11.8 Å². The quantitative estimate of drug-likeness (QED) is 0.735. The molecule has 7 heteroatoms. The Morgan fingerprint density at radius 1 is 1.54 bits per heavy atom. The van der Waals surface area contributed by atoms with Gasteiger partial charge in [0.15, 0.2) is 11.6 Å². The van der Waals surface area contributed by atoms with E-state index in [0.717, 1.165) is 6.07 Å². The van der Waals surface area contributed by atoms with Crippen molar-refractivity contribution in [1.82, 2.24) is 9.71 Å². The summed E-state index contributed by atoms with van der Waals surface area (Å²) in [7, 11) is -2.49. The van der Waals surface area contributed by atoms with Crippen LogP contribution in [0.15, 0.2) is 18.3 Å². The number of aromatic nitrogens is 1. The molecule has 1 heterocycles. The van der Waals surface area contributed by atoms with Gasteiger partial charge < -0.3 is 0 Å². The van der Waals surface area contributed by atoms with Crippen molar-refractivity contribution in [3.63, 3.8) is 0 Å². The summed E-state index contributed by atoms with van der Waals surface area (Å²) in [6, 6.07) is 2.48. The van der Waals surface area contributed by atoms with E-state index in [4.69, 9.17) is 0 Å². The Hall–Kier alpha value is -1.21. The maximum Gasteiger partial charge on any atom is 0.300 e. The SMILES string of the molecule is CNS(=O)(=O)Nc1ncccc1F. The number of halogens is 1. The van der Waals surface area contributed by atoms with Gasteiger partial charge in [0.2, 0.25) is 0 Å². The predicted molar refractivity (Wildman–Crippen MR) is 45.8 cm³/mol. The first-order valence-corrected chi connectivity index (χ1v) is 4.85. The first-order valence-electron chi connectivity index (χ1n) is 3.37. The molecule has 1 aromatic rings. The zero-order chi connectivity index (χ0) is 9.90. The third kappa shape index (κ3) is 2.63. The van der Waals surface area contributed by atoms with Gasteiger partial charge in [-0.05, 0) is 12.1 Å². The highest BCUT2D eigenvalue weighted by molar-refractivity contribution is 7.90. The molecule has 13 heavy (non-hydrogen) atoms. The minimum Gasteiger partial charge on any atom is -0.252 e. The first kappa shape index (κ1) is 9.87. The number of anilines is 1. The molecule has 72 valence electrons. The van der Waals surface area contributed by atoms with E-state index in [1.807, 2.05) is 9.44 Å². The monoisotopic (exact) mass is 205 g/mol. The molecule has 0 saturated carbocycles. The van der Waals surface area contributed by atoms with Crippen molar-refractivity contribution in [3.05, 3.63) is 24.1 Å². The van der Waals surface area contributed by atoms with Gasteiger partial charge in [-0.2, -0.15) is 8.42 Å². The zero-order valence-corrected chi connectivity index (χ0v) is 7.60. The molecule has 0 radical (unpaired) electrons. The smallest absolute Gasteiger partial charge is 0.252 e. The van der Waals surface area contributed by atoms with Crippen molar-refractivity contribution >= 4 is 16.0 Å². The lowest BCUT2D eigenvalue weighted by molar-refractivity contribution is 0.590. The second-order valence-corrected chi connectivity index (χ2v) is 3.76. The fourth-order valence-corrected chi connectivity index (χ4v) is 1.15. The first-order chi connectivity index (χ1) is 6.05. The molecule has 1 aromatic heterocycles. The summed E-state index contributed by atoms with van der Waals surface area (Å²) in [5, 5.41) is 0. The molecule has 0 aliphatic rings. The van der Waals surface area contributed by atoms with Gasteiger partial charge in [-0.3, -0.25) is 4.72 Å². The molecule has 0 aliphatic heterocycles. The molecular formula is C6H8FN3O2S. The molecule has 0 unspecified atom stereocenters. The molecule has 0 saturated heterocycles. The number of pyridine rings is 1. The fraction of sp³-hybridized carbons (Fsp3) is 0.167. The number of hydrogen-bond acceptors (Lipinski definition) is 3. The molecule has 5 nitrogen and oxygen atoms in total. The van der Waals surface area contributed by atoms with Gasteiger partial charge in [0, 0.05) is 13.2 Å². The van der Waals surface area contributed by atoms with Gasteiger partial charge in [0.05, 0.1) is 0 Å².